The lowest BCUT2D eigenvalue weighted by Gasteiger charge is -2.10. The van der Waals surface area contributed by atoms with Crippen molar-refractivity contribution in [2.75, 3.05) is 11.1 Å². The summed E-state index contributed by atoms with van der Waals surface area (Å²) >= 11 is 3.01. The van der Waals surface area contributed by atoms with Crippen LogP contribution in [0.3, 0.4) is 0 Å². The number of anilines is 1. The van der Waals surface area contributed by atoms with Crippen molar-refractivity contribution >= 4 is 37.4 Å². The van der Waals surface area contributed by atoms with Crippen LogP contribution in [0, 0.1) is 6.92 Å². The molecule has 0 aliphatic rings. The van der Waals surface area contributed by atoms with E-state index in [1.165, 1.54) is 19.9 Å². The summed E-state index contributed by atoms with van der Waals surface area (Å²) in [7, 11) is -3.52. The van der Waals surface area contributed by atoms with Crippen LogP contribution in [0.25, 0.3) is 0 Å². The van der Waals surface area contributed by atoms with Gasteiger partial charge in [-0.25, -0.2) is 17.2 Å². The predicted octanol–water partition coefficient (Wildman–Crippen LogP) is 3.03. The number of nitrogens with one attached hydrogen (secondary N) is 1. The number of hydrogen-bond acceptors (Lipinski definition) is 5. The van der Waals surface area contributed by atoms with Gasteiger partial charge in [0.2, 0.25) is 5.91 Å². The number of carbonyl (C=O) groups excluding carboxylic acids is 1. The van der Waals surface area contributed by atoms with E-state index in [9.17, 15) is 27.1 Å². The molecule has 0 unspecified atom stereocenters. The fourth-order valence-electron chi connectivity index (χ4n) is 2.14. The predicted molar refractivity (Wildman–Crippen MR) is 94.1 cm³/mol. The normalized spacial score (nSPS) is 11.8. The zero-order valence-electron chi connectivity index (χ0n) is 13.8. The van der Waals surface area contributed by atoms with E-state index in [0.717, 1.165) is 16.8 Å². The highest BCUT2D eigenvalue weighted by Crippen LogP contribution is 2.30. The molecule has 0 radical (unpaired) electrons. The number of phenolic OH excluding ortho intramolecular Hbond substituents is 1. The Kier molecular flexibility index (Phi) is 6.02. The Morgan fingerprint density at radius 3 is 2.62 bits per heavy atom. The molecule has 0 spiro atoms. The number of aromatic hydroxyl groups is 1. The number of phenols is 1. The number of halogens is 3. The van der Waals surface area contributed by atoms with Crippen LogP contribution in [0.2, 0.25) is 0 Å². The topological polar surface area (TPSA) is 101 Å². The van der Waals surface area contributed by atoms with Crippen molar-refractivity contribution in [2.45, 2.75) is 31.7 Å². The van der Waals surface area contributed by atoms with Gasteiger partial charge in [0.1, 0.15) is 18.0 Å². The van der Waals surface area contributed by atoms with Crippen LogP contribution in [0.15, 0.2) is 27.6 Å². The van der Waals surface area contributed by atoms with Gasteiger partial charge in [0.15, 0.2) is 9.84 Å². The molecule has 2 rings (SSSR count). The van der Waals surface area contributed by atoms with Gasteiger partial charge >= 0.3 is 0 Å². The van der Waals surface area contributed by atoms with Gasteiger partial charge in [0.05, 0.1) is 26.5 Å². The molecular weight excluding hydrogens is 436 g/mol. The molecule has 0 aliphatic carbocycles. The van der Waals surface area contributed by atoms with Crippen LogP contribution in [-0.2, 0) is 21.2 Å². The molecule has 0 atom stereocenters. The quantitative estimate of drug-likeness (QED) is 0.657. The van der Waals surface area contributed by atoms with Crippen molar-refractivity contribution in [1.29, 1.82) is 0 Å². The average molecular weight is 452 g/mol. The summed E-state index contributed by atoms with van der Waals surface area (Å²) in [4.78, 5) is 12.1. The first-order valence-corrected chi connectivity index (χ1v) is 9.88. The Labute approximate surface area is 157 Å². The molecule has 0 bridgehead atoms. The minimum Gasteiger partial charge on any atom is -0.506 e. The second-order valence-corrected chi connectivity index (χ2v) is 8.44. The number of hydrogen-bond donors (Lipinski definition) is 2. The zero-order valence-corrected chi connectivity index (χ0v) is 16.2. The fourth-order valence-corrected chi connectivity index (χ4v) is 3.51. The number of benzene rings is 1. The van der Waals surface area contributed by atoms with E-state index in [2.05, 4.69) is 26.3 Å². The molecule has 0 aliphatic heterocycles. The van der Waals surface area contributed by atoms with Crippen molar-refractivity contribution in [3.8, 4) is 5.75 Å². The first-order chi connectivity index (χ1) is 12.1. The third-order valence-electron chi connectivity index (χ3n) is 3.64. The number of amides is 1. The van der Waals surface area contributed by atoms with E-state index < -0.39 is 27.9 Å². The lowest BCUT2D eigenvalue weighted by molar-refractivity contribution is -0.117. The van der Waals surface area contributed by atoms with Gasteiger partial charge in [0, 0.05) is 0 Å². The van der Waals surface area contributed by atoms with E-state index in [1.807, 2.05) is 0 Å². The fraction of sp³-hybridized carbons (Fsp3) is 0.333. The number of alkyl halides is 2. The average Bonchev–Trinajstić information content (AvgIpc) is 2.85. The van der Waals surface area contributed by atoms with Crippen molar-refractivity contribution < 1.29 is 27.1 Å². The number of nitrogens with zero attached hydrogens (tertiary/aromatic N) is 2. The second kappa shape index (κ2) is 7.70. The Hall–Kier alpha value is -2.01. The molecule has 0 fully saturated rings. The van der Waals surface area contributed by atoms with Gasteiger partial charge < -0.3 is 10.4 Å². The lowest BCUT2D eigenvalue weighted by atomic mass is 10.3. The maximum atomic E-state index is 12.9. The van der Waals surface area contributed by atoms with E-state index in [-0.39, 0.29) is 33.1 Å². The summed E-state index contributed by atoms with van der Waals surface area (Å²) in [5, 5.41) is 15.9. The monoisotopic (exact) mass is 451 g/mol. The Morgan fingerprint density at radius 2 is 2.08 bits per heavy atom. The highest BCUT2D eigenvalue weighted by molar-refractivity contribution is 9.10. The summed E-state index contributed by atoms with van der Waals surface area (Å²) < 4.78 is 50.7. The summed E-state index contributed by atoms with van der Waals surface area (Å²) in [6, 6.07) is 3.53. The molecular formula is C15H16BrF2N3O4S. The number of rotatable bonds is 6. The van der Waals surface area contributed by atoms with Crippen molar-refractivity contribution in [1.82, 2.24) is 9.78 Å². The number of sulfone groups is 1. The maximum absolute atomic E-state index is 12.9. The van der Waals surface area contributed by atoms with Gasteiger partial charge in [-0.05, 0) is 41.1 Å². The second-order valence-electron chi connectivity index (χ2n) is 5.37. The van der Waals surface area contributed by atoms with Gasteiger partial charge in [-0.3, -0.25) is 9.48 Å². The lowest BCUT2D eigenvalue weighted by Crippen LogP contribution is -2.20. The Bertz CT molecular complexity index is 945. The first-order valence-electron chi connectivity index (χ1n) is 7.43. The van der Waals surface area contributed by atoms with Crippen LogP contribution in [0.1, 0.15) is 24.7 Å². The Morgan fingerprint density at radius 1 is 1.42 bits per heavy atom. The van der Waals surface area contributed by atoms with Crippen molar-refractivity contribution in [2.24, 2.45) is 0 Å². The molecule has 7 nitrogen and oxygen atoms in total. The molecule has 1 aromatic carbocycles. The first kappa shape index (κ1) is 20.3. The molecule has 26 heavy (non-hydrogen) atoms. The third-order valence-corrected chi connectivity index (χ3v) is 6.35. The van der Waals surface area contributed by atoms with Crippen LogP contribution in [-0.4, -0.2) is 35.0 Å². The molecule has 1 amide bonds. The minimum atomic E-state index is -3.52. The number of carbonyl (C=O) groups is 1. The maximum Gasteiger partial charge on any atom is 0.283 e. The van der Waals surface area contributed by atoms with Gasteiger partial charge in [-0.15, -0.1) is 0 Å². The summed E-state index contributed by atoms with van der Waals surface area (Å²) in [6.07, 6.45) is -2.80. The van der Waals surface area contributed by atoms with Gasteiger partial charge in [-0.2, -0.15) is 5.10 Å². The largest absolute Gasteiger partial charge is 0.506 e. The van der Waals surface area contributed by atoms with Crippen molar-refractivity contribution in [3.63, 3.8) is 0 Å². The summed E-state index contributed by atoms with van der Waals surface area (Å²) in [5.41, 5.74) is -0.237. The van der Waals surface area contributed by atoms with Gasteiger partial charge in [0.25, 0.3) is 6.43 Å². The summed E-state index contributed by atoms with van der Waals surface area (Å²) in [5.74, 6) is -1.12. The molecule has 0 saturated carbocycles. The highest BCUT2D eigenvalue weighted by atomic mass is 79.9. The standard InChI is InChI=1S/C15H16BrF2N3O4S/c1-3-26(24,25)9-4-5-11(22)10(6-9)19-12(23)7-21-8(2)13(16)14(20-21)15(17)18/h4-6,15,22H,3,7H2,1-2H3,(H,19,23). The van der Waals surface area contributed by atoms with E-state index in [1.54, 1.807) is 0 Å². The van der Waals surface area contributed by atoms with Crippen LogP contribution >= 0.6 is 15.9 Å². The van der Waals surface area contributed by atoms with Gasteiger partial charge in [-0.1, -0.05) is 6.92 Å². The van der Waals surface area contributed by atoms with Crippen LogP contribution in [0.4, 0.5) is 14.5 Å². The molecule has 142 valence electrons. The SMILES string of the molecule is CCS(=O)(=O)c1ccc(O)c(NC(=O)Cn2nc(C(F)F)c(Br)c2C)c1. The zero-order chi connectivity index (χ0) is 19.6. The molecule has 2 N–H and O–H groups in total. The molecule has 1 heterocycles. The third kappa shape index (κ3) is 4.21. The van der Waals surface area contributed by atoms with E-state index in [4.69, 9.17) is 0 Å². The summed E-state index contributed by atoms with van der Waals surface area (Å²) in [6.45, 7) is 2.60. The minimum absolute atomic E-state index is 0.0499. The molecule has 11 heteroatoms. The van der Waals surface area contributed by atoms with E-state index >= 15 is 0 Å². The number of aromatic nitrogens is 2. The molecule has 2 aromatic rings. The molecule has 1 aromatic heterocycles. The van der Waals surface area contributed by atoms with Crippen molar-refractivity contribution in [3.05, 3.63) is 34.1 Å². The van der Waals surface area contributed by atoms with Crippen LogP contribution < -0.4 is 5.32 Å². The smallest absolute Gasteiger partial charge is 0.283 e. The Balaban J connectivity index is 2.24. The molecule has 0 saturated heterocycles. The highest BCUT2D eigenvalue weighted by Gasteiger charge is 2.22. The van der Waals surface area contributed by atoms with E-state index in [0.29, 0.717) is 5.69 Å². The van der Waals surface area contributed by atoms with Crippen LogP contribution in [0.5, 0.6) is 5.75 Å².